The average molecular weight is 140 g/mol. The van der Waals surface area contributed by atoms with Gasteiger partial charge in [-0.3, -0.25) is 0 Å². The van der Waals surface area contributed by atoms with Gasteiger partial charge in [-0.25, -0.2) is 0 Å². The van der Waals surface area contributed by atoms with Crippen LogP contribution in [-0.2, 0) is 4.79 Å². The van der Waals surface area contributed by atoms with Gasteiger partial charge in [-0.1, -0.05) is 19.8 Å². The molecule has 0 aromatic carbocycles. The normalized spacial score (nSPS) is 32.6. The molecule has 10 heavy (non-hydrogen) atoms. The van der Waals surface area contributed by atoms with Crippen molar-refractivity contribution in [3.05, 3.63) is 0 Å². The van der Waals surface area contributed by atoms with Gasteiger partial charge in [0.25, 0.3) is 0 Å². The molecule has 0 aromatic rings. The summed E-state index contributed by atoms with van der Waals surface area (Å²) >= 11 is 0. The molecule has 58 valence electrons. The van der Waals surface area contributed by atoms with E-state index in [1.807, 2.05) is 0 Å². The molecule has 0 amide bonds. The zero-order valence-corrected chi connectivity index (χ0v) is 6.89. The van der Waals surface area contributed by atoms with Crippen LogP contribution in [0.15, 0.2) is 0 Å². The maximum atomic E-state index is 10.7. The maximum absolute atomic E-state index is 10.7. The van der Waals surface area contributed by atoms with Crippen molar-refractivity contribution in [2.24, 2.45) is 11.8 Å². The molecule has 2 atom stereocenters. The molecule has 0 aromatic heterocycles. The van der Waals surface area contributed by atoms with Crippen LogP contribution in [0.5, 0.6) is 0 Å². The van der Waals surface area contributed by atoms with Gasteiger partial charge in [0, 0.05) is 6.42 Å². The first-order chi connectivity index (χ1) is 4.70. The Bertz CT molecular complexity index is 129. The molecule has 1 saturated carbocycles. The van der Waals surface area contributed by atoms with E-state index in [9.17, 15) is 4.79 Å². The number of rotatable bonds is 2. The third kappa shape index (κ3) is 1.83. The lowest BCUT2D eigenvalue weighted by molar-refractivity contribution is -0.118. The monoisotopic (exact) mass is 140 g/mol. The van der Waals surface area contributed by atoms with Crippen molar-refractivity contribution in [1.29, 1.82) is 0 Å². The van der Waals surface area contributed by atoms with Crippen LogP contribution in [-0.4, -0.2) is 5.78 Å². The molecule has 0 N–H and O–H groups in total. The standard InChI is InChI=1S/C9H16O/c1-7-4-3-5-9(7)6-8(2)10/h7,9H,3-6H2,1-2H3/t7-,9+/m1/s1. The van der Waals surface area contributed by atoms with Crippen molar-refractivity contribution in [3.8, 4) is 0 Å². The highest BCUT2D eigenvalue weighted by molar-refractivity contribution is 5.75. The van der Waals surface area contributed by atoms with Crippen LogP contribution in [0.2, 0.25) is 0 Å². The maximum Gasteiger partial charge on any atom is 0.130 e. The van der Waals surface area contributed by atoms with Crippen LogP contribution < -0.4 is 0 Å². The number of Topliss-reactive ketones (excluding diaryl/α,β-unsaturated/α-hetero) is 1. The lowest BCUT2D eigenvalue weighted by Crippen LogP contribution is -2.07. The summed E-state index contributed by atoms with van der Waals surface area (Å²) in [5.74, 6) is 1.86. The lowest BCUT2D eigenvalue weighted by atomic mass is 9.93. The second-order valence-electron chi connectivity index (χ2n) is 3.57. The van der Waals surface area contributed by atoms with Crippen molar-refractivity contribution in [3.63, 3.8) is 0 Å². The molecule has 0 spiro atoms. The predicted molar refractivity (Wildman–Crippen MR) is 41.8 cm³/mol. The van der Waals surface area contributed by atoms with Gasteiger partial charge in [-0.2, -0.15) is 0 Å². The molecule has 1 aliphatic rings. The molecule has 0 heterocycles. The van der Waals surface area contributed by atoms with Gasteiger partial charge in [-0.05, 0) is 25.2 Å². The smallest absolute Gasteiger partial charge is 0.130 e. The van der Waals surface area contributed by atoms with Gasteiger partial charge >= 0.3 is 0 Å². The van der Waals surface area contributed by atoms with E-state index >= 15 is 0 Å². The van der Waals surface area contributed by atoms with Gasteiger partial charge in [-0.15, -0.1) is 0 Å². The van der Waals surface area contributed by atoms with Gasteiger partial charge in [0.2, 0.25) is 0 Å². The Morgan fingerprint density at radius 3 is 2.60 bits per heavy atom. The molecular formula is C9H16O. The Hall–Kier alpha value is -0.330. The van der Waals surface area contributed by atoms with Gasteiger partial charge < -0.3 is 4.79 Å². The topological polar surface area (TPSA) is 17.1 Å². The highest BCUT2D eigenvalue weighted by atomic mass is 16.1. The van der Waals surface area contributed by atoms with Crippen molar-refractivity contribution in [2.45, 2.75) is 39.5 Å². The minimum Gasteiger partial charge on any atom is -0.300 e. The lowest BCUT2D eigenvalue weighted by Gasteiger charge is -2.11. The van der Waals surface area contributed by atoms with Gasteiger partial charge in [0.15, 0.2) is 0 Å². The van der Waals surface area contributed by atoms with E-state index in [4.69, 9.17) is 0 Å². The van der Waals surface area contributed by atoms with E-state index in [2.05, 4.69) is 6.92 Å². The Kier molecular flexibility index (Phi) is 2.47. The summed E-state index contributed by atoms with van der Waals surface area (Å²) in [6, 6.07) is 0. The van der Waals surface area contributed by atoms with Gasteiger partial charge in [0.1, 0.15) is 5.78 Å². The van der Waals surface area contributed by atoms with Crippen LogP contribution in [0.25, 0.3) is 0 Å². The first-order valence-corrected chi connectivity index (χ1v) is 4.19. The van der Waals surface area contributed by atoms with Crippen LogP contribution in [0.3, 0.4) is 0 Å². The molecule has 0 radical (unpaired) electrons. The SMILES string of the molecule is CC(=O)C[C@@H]1CCC[C@H]1C. The second-order valence-corrected chi connectivity index (χ2v) is 3.57. The fourth-order valence-electron chi connectivity index (χ4n) is 1.89. The summed E-state index contributed by atoms with van der Waals surface area (Å²) in [5, 5.41) is 0. The quantitative estimate of drug-likeness (QED) is 0.575. The highest BCUT2D eigenvalue weighted by Gasteiger charge is 2.23. The molecule has 0 unspecified atom stereocenters. The van der Waals surface area contributed by atoms with Crippen LogP contribution in [0, 0.1) is 11.8 Å². The zero-order valence-electron chi connectivity index (χ0n) is 6.89. The molecule has 0 aliphatic heterocycles. The molecule has 0 saturated heterocycles. The van der Waals surface area contributed by atoms with E-state index < -0.39 is 0 Å². The molecular weight excluding hydrogens is 124 g/mol. The summed E-state index contributed by atoms with van der Waals surface area (Å²) < 4.78 is 0. The summed E-state index contributed by atoms with van der Waals surface area (Å²) in [6.45, 7) is 3.96. The molecule has 1 rings (SSSR count). The summed E-state index contributed by atoms with van der Waals surface area (Å²) in [6.07, 6.45) is 4.76. The zero-order chi connectivity index (χ0) is 7.56. The molecule has 0 bridgehead atoms. The Morgan fingerprint density at radius 1 is 1.50 bits per heavy atom. The minimum absolute atomic E-state index is 0.360. The van der Waals surface area contributed by atoms with Crippen LogP contribution >= 0.6 is 0 Å². The molecule has 1 fully saturated rings. The summed E-state index contributed by atoms with van der Waals surface area (Å²) in [5.41, 5.74) is 0. The summed E-state index contributed by atoms with van der Waals surface area (Å²) in [4.78, 5) is 10.7. The first kappa shape index (κ1) is 7.77. The number of hydrogen-bond donors (Lipinski definition) is 0. The van der Waals surface area contributed by atoms with E-state index in [1.54, 1.807) is 6.92 Å². The van der Waals surface area contributed by atoms with Crippen LogP contribution in [0.1, 0.15) is 39.5 Å². The average Bonchev–Trinajstić information content (AvgIpc) is 2.15. The predicted octanol–water partition coefficient (Wildman–Crippen LogP) is 2.40. The number of hydrogen-bond acceptors (Lipinski definition) is 1. The summed E-state index contributed by atoms with van der Waals surface area (Å²) in [7, 11) is 0. The molecule has 1 nitrogen and oxygen atoms in total. The molecule has 1 aliphatic carbocycles. The van der Waals surface area contributed by atoms with Gasteiger partial charge in [0.05, 0.1) is 0 Å². The number of carbonyl (C=O) groups is 1. The fraction of sp³-hybridized carbons (Fsp3) is 0.889. The van der Waals surface area contributed by atoms with E-state index in [-0.39, 0.29) is 0 Å². The number of carbonyl (C=O) groups excluding carboxylic acids is 1. The van der Waals surface area contributed by atoms with Crippen molar-refractivity contribution >= 4 is 5.78 Å². The highest BCUT2D eigenvalue weighted by Crippen LogP contribution is 2.33. The Balaban J connectivity index is 2.33. The van der Waals surface area contributed by atoms with Crippen molar-refractivity contribution < 1.29 is 4.79 Å². The van der Waals surface area contributed by atoms with Crippen molar-refractivity contribution in [1.82, 2.24) is 0 Å². The first-order valence-electron chi connectivity index (χ1n) is 4.19. The fourth-order valence-corrected chi connectivity index (χ4v) is 1.89. The third-order valence-electron chi connectivity index (χ3n) is 2.59. The van der Waals surface area contributed by atoms with E-state index in [1.165, 1.54) is 19.3 Å². The minimum atomic E-state index is 0.360. The Morgan fingerprint density at radius 2 is 2.20 bits per heavy atom. The second kappa shape index (κ2) is 3.18. The van der Waals surface area contributed by atoms with E-state index in [0.29, 0.717) is 11.7 Å². The van der Waals surface area contributed by atoms with Crippen molar-refractivity contribution in [2.75, 3.05) is 0 Å². The number of ketones is 1. The third-order valence-corrected chi connectivity index (χ3v) is 2.59. The Labute approximate surface area is 62.8 Å². The van der Waals surface area contributed by atoms with Crippen LogP contribution in [0.4, 0.5) is 0 Å². The molecule has 1 heteroatoms. The largest absolute Gasteiger partial charge is 0.300 e. The van der Waals surface area contributed by atoms with E-state index in [0.717, 1.165) is 12.3 Å².